The minimum Gasteiger partial charge on any atom is -0.312 e. The van der Waals surface area contributed by atoms with Crippen LogP contribution in [0.5, 0.6) is 0 Å². The van der Waals surface area contributed by atoms with Gasteiger partial charge in [0.1, 0.15) is 5.82 Å². The molecule has 1 N–H and O–H groups in total. The summed E-state index contributed by atoms with van der Waals surface area (Å²) >= 11 is 0. The second-order valence-electron chi connectivity index (χ2n) is 5.72. The fourth-order valence-electron chi connectivity index (χ4n) is 2.93. The molecule has 3 aromatic heterocycles. The number of aromatic nitrogens is 4. The molecule has 0 radical (unpaired) electrons. The van der Waals surface area contributed by atoms with Gasteiger partial charge in [0.2, 0.25) is 0 Å². The molecule has 0 spiro atoms. The van der Waals surface area contributed by atoms with Crippen LogP contribution in [0, 0.1) is 17.2 Å². The highest BCUT2D eigenvalue weighted by Crippen LogP contribution is 2.48. The summed E-state index contributed by atoms with van der Waals surface area (Å²) in [7, 11) is 0. The fourth-order valence-corrected chi connectivity index (χ4v) is 2.93. The third-order valence-corrected chi connectivity index (χ3v) is 4.25. The van der Waals surface area contributed by atoms with Gasteiger partial charge in [0.25, 0.3) is 5.56 Å². The summed E-state index contributed by atoms with van der Waals surface area (Å²) in [5, 5.41) is 9.67. The van der Waals surface area contributed by atoms with Crippen LogP contribution < -0.4 is 5.56 Å². The van der Waals surface area contributed by atoms with Gasteiger partial charge < -0.3 is 4.98 Å². The molecule has 0 bridgehead atoms. The second kappa shape index (κ2) is 4.53. The molecule has 6 heteroatoms. The van der Waals surface area contributed by atoms with Gasteiger partial charge in [-0.3, -0.25) is 9.36 Å². The number of aromatic amines is 1. The molecular weight excluding hydrogens is 278 g/mol. The van der Waals surface area contributed by atoms with Crippen molar-refractivity contribution in [1.29, 1.82) is 5.26 Å². The summed E-state index contributed by atoms with van der Waals surface area (Å²) < 4.78 is 1.80. The lowest BCUT2D eigenvalue weighted by molar-refractivity contribution is 0.912. The van der Waals surface area contributed by atoms with Crippen molar-refractivity contribution in [2.24, 2.45) is 5.92 Å². The fraction of sp³-hybridized carbons (Fsp3) is 0.250. The molecule has 22 heavy (non-hydrogen) atoms. The molecule has 0 aromatic carbocycles. The number of H-pyrrole nitrogens is 1. The maximum Gasteiger partial charge on any atom is 0.260 e. The molecule has 2 unspecified atom stereocenters. The molecule has 1 aliphatic rings. The molecule has 108 valence electrons. The van der Waals surface area contributed by atoms with Crippen molar-refractivity contribution in [2.45, 2.75) is 19.3 Å². The molecule has 0 amide bonds. The number of pyridine rings is 1. The Labute approximate surface area is 126 Å². The molecular formula is C16H13N5O. The molecule has 1 aliphatic carbocycles. The van der Waals surface area contributed by atoms with Gasteiger partial charge in [-0.1, -0.05) is 6.92 Å². The Kier molecular flexibility index (Phi) is 2.63. The summed E-state index contributed by atoms with van der Waals surface area (Å²) in [5.41, 5.74) is 1.99. The third-order valence-electron chi connectivity index (χ3n) is 4.25. The summed E-state index contributed by atoms with van der Waals surface area (Å²) in [5.74, 6) is 1.58. The Balaban J connectivity index is 2.01. The maximum absolute atomic E-state index is 12.2. The zero-order chi connectivity index (χ0) is 15.3. The first-order valence-corrected chi connectivity index (χ1v) is 7.14. The van der Waals surface area contributed by atoms with Gasteiger partial charge in [0, 0.05) is 12.4 Å². The van der Waals surface area contributed by atoms with Crippen LogP contribution in [-0.2, 0) is 0 Å². The summed E-state index contributed by atoms with van der Waals surface area (Å²) in [6.07, 6.45) is 6.01. The van der Waals surface area contributed by atoms with E-state index in [-0.39, 0.29) is 5.56 Å². The number of rotatable bonds is 2. The van der Waals surface area contributed by atoms with Crippen molar-refractivity contribution in [1.82, 2.24) is 19.5 Å². The van der Waals surface area contributed by atoms with Crippen molar-refractivity contribution in [3.63, 3.8) is 0 Å². The number of nitriles is 1. The number of nitrogens with one attached hydrogen (secondary N) is 1. The maximum atomic E-state index is 12.2. The molecule has 4 rings (SSSR count). The summed E-state index contributed by atoms with van der Waals surface area (Å²) in [6.45, 7) is 2.17. The van der Waals surface area contributed by atoms with E-state index in [4.69, 9.17) is 5.26 Å². The Hall–Kier alpha value is -2.94. The van der Waals surface area contributed by atoms with E-state index in [9.17, 15) is 4.79 Å². The van der Waals surface area contributed by atoms with Crippen molar-refractivity contribution in [3.05, 3.63) is 52.3 Å². The van der Waals surface area contributed by atoms with Gasteiger partial charge in [-0.25, -0.2) is 9.97 Å². The zero-order valence-electron chi connectivity index (χ0n) is 11.9. The lowest BCUT2D eigenvalue weighted by Gasteiger charge is -2.02. The van der Waals surface area contributed by atoms with Crippen LogP contribution in [-0.4, -0.2) is 19.5 Å². The van der Waals surface area contributed by atoms with E-state index in [2.05, 4.69) is 27.9 Å². The topological polar surface area (TPSA) is 87.4 Å². The van der Waals surface area contributed by atoms with Crippen molar-refractivity contribution >= 4 is 11.0 Å². The van der Waals surface area contributed by atoms with Gasteiger partial charge in [-0.2, -0.15) is 5.26 Å². The predicted octanol–water partition coefficient (Wildman–Crippen LogP) is 2.10. The van der Waals surface area contributed by atoms with Gasteiger partial charge >= 0.3 is 0 Å². The minimum absolute atomic E-state index is 0.130. The second-order valence-corrected chi connectivity index (χ2v) is 5.72. The first-order chi connectivity index (χ1) is 10.7. The van der Waals surface area contributed by atoms with E-state index < -0.39 is 0 Å². The monoisotopic (exact) mass is 291 g/mol. The molecule has 6 nitrogen and oxygen atoms in total. The van der Waals surface area contributed by atoms with Crippen LogP contribution in [0.4, 0.5) is 0 Å². The van der Waals surface area contributed by atoms with Crippen LogP contribution in [0.25, 0.3) is 16.9 Å². The molecule has 1 fully saturated rings. The lowest BCUT2D eigenvalue weighted by Crippen LogP contribution is -2.08. The Morgan fingerprint density at radius 1 is 1.45 bits per heavy atom. The van der Waals surface area contributed by atoms with Crippen LogP contribution in [0.1, 0.15) is 30.4 Å². The molecule has 1 saturated carbocycles. The average molecular weight is 291 g/mol. The lowest BCUT2D eigenvalue weighted by atomic mass is 10.1. The summed E-state index contributed by atoms with van der Waals surface area (Å²) in [6, 6.07) is 5.45. The van der Waals surface area contributed by atoms with Crippen molar-refractivity contribution in [2.75, 3.05) is 0 Å². The van der Waals surface area contributed by atoms with Gasteiger partial charge in [-0.15, -0.1) is 0 Å². The van der Waals surface area contributed by atoms with Gasteiger partial charge in [0.15, 0.2) is 5.65 Å². The Morgan fingerprint density at radius 3 is 3.00 bits per heavy atom. The van der Waals surface area contributed by atoms with Crippen LogP contribution in [0.3, 0.4) is 0 Å². The van der Waals surface area contributed by atoms with E-state index >= 15 is 0 Å². The normalized spacial score (nSPS) is 20.0. The predicted molar refractivity (Wildman–Crippen MR) is 80.7 cm³/mol. The number of fused-ring (bicyclic) bond motifs is 1. The van der Waals surface area contributed by atoms with Gasteiger partial charge in [-0.05, 0) is 36.0 Å². The number of hydrogen-bond acceptors (Lipinski definition) is 4. The van der Waals surface area contributed by atoms with Crippen LogP contribution in [0.2, 0.25) is 0 Å². The minimum atomic E-state index is -0.130. The first-order valence-electron chi connectivity index (χ1n) is 7.14. The highest BCUT2D eigenvalue weighted by molar-refractivity contribution is 5.82. The zero-order valence-corrected chi connectivity index (χ0v) is 11.9. The standard InChI is InChI=1S/C16H13N5O/c1-9-4-11(9)12-7-21(13-5-10(6-17)2-3-18-13)15-14(12)16(22)20-8-19-15/h2-3,5,7-9,11H,4H2,1H3,(H,19,20,22). The molecule has 3 heterocycles. The van der Waals surface area contributed by atoms with Crippen LogP contribution in [0.15, 0.2) is 35.6 Å². The first kappa shape index (κ1) is 12.8. The van der Waals surface area contributed by atoms with E-state index in [0.29, 0.717) is 34.3 Å². The molecule has 3 aromatic rings. The quantitative estimate of drug-likeness (QED) is 0.783. The van der Waals surface area contributed by atoms with E-state index in [1.54, 1.807) is 22.9 Å². The SMILES string of the molecule is CC1CC1c1cn(-c2cc(C#N)ccn2)c2nc[nH]c(=O)c12. The smallest absolute Gasteiger partial charge is 0.260 e. The highest BCUT2D eigenvalue weighted by atomic mass is 16.1. The van der Waals surface area contributed by atoms with E-state index in [1.807, 2.05) is 6.20 Å². The van der Waals surface area contributed by atoms with Crippen molar-refractivity contribution in [3.8, 4) is 11.9 Å². The molecule has 0 aliphatic heterocycles. The largest absolute Gasteiger partial charge is 0.312 e. The number of nitrogens with zero attached hydrogens (tertiary/aromatic N) is 4. The summed E-state index contributed by atoms with van der Waals surface area (Å²) in [4.78, 5) is 23.5. The molecule has 2 atom stereocenters. The number of hydrogen-bond donors (Lipinski definition) is 1. The Morgan fingerprint density at radius 2 is 2.27 bits per heavy atom. The third kappa shape index (κ3) is 1.83. The average Bonchev–Trinajstić information content (AvgIpc) is 3.12. The van der Waals surface area contributed by atoms with E-state index in [1.165, 1.54) is 6.33 Å². The molecule has 0 saturated heterocycles. The van der Waals surface area contributed by atoms with Crippen molar-refractivity contribution < 1.29 is 0 Å². The van der Waals surface area contributed by atoms with Gasteiger partial charge in [0.05, 0.1) is 23.3 Å². The highest BCUT2D eigenvalue weighted by Gasteiger charge is 2.37. The van der Waals surface area contributed by atoms with Crippen LogP contribution >= 0.6 is 0 Å². The van der Waals surface area contributed by atoms with E-state index in [0.717, 1.165) is 12.0 Å². The Bertz CT molecular complexity index is 978.